The molecule has 1 N–H and O–H groups in total. The zero-order valence-electron chi connectivity index (χ0n) is 14.1. The largest absolute Gasteiger partial charge is 0.368 e. The van der Waals surface area contributed by atoms with Gasteiger partial charge in [-0.3, -0.25) is 4.79 Å². The summed E-state index contributed by atoms with van der Waals surface area (Å²) < 4.78 is 7.73. The fourth-order valence-electron chi connectivity index (χ4n) is 2.64. The van der Waals surface area contributed by atoms with E-state index in [-0.39, 0.29) is 11.9 Å². The Kier molecular flexibility index (Phi) is 5.94. The van der Waals surface area contributed by atoms with E-state index in [2.05, 4.69) is 33.9 Å². The Morgan fingerprint density at radius 1 is 1.23 bits per heavy atom. The number of hydrogen-bond donors (Lipinski definition) is 1. The van der Waals surface area contributed by atoms with Crippen LogP contribution in [-0.4, -0.2) is 33.4 Å². The molecule has 1 aromatic heterocycles. The Morgan fingerprint density at radius 2 is 2.00 bits per heavy atom. The van der Waals surface area contributed by atoms with Crippen molar-refractivity contribution in [3.8, 4) is 0 Å². The molecule has 1 amide bonds. The van der Waals surface area contributed by atoms with Crippen molar-refractivity contribution in [2.24, 2.45) is 5.92 Å². The average Bonchev–Trinajstić information content (AvgIpc) is 2.73. The predicted octanol–water partition coefficient (Wildman–Crippen LogP) is 2.24. The predicted molar refractivity (Wildman–Crippen MR) is 84.4 cm³/mol. The third-order valence-corrected chi connectivity index (χ3v) is 3.93. The van der Waals surface area contributed by atoms with Crippen LogP contribution in [0.15, 0.2) is 0 Å². The molecule has 0 saturated carbocycles. The molecule has 2 atom stereocenters. The van der Waals surface area contributed by atoms with Crippen LogP contribution < -0.4 is 5.32 Å². The van der Waals surface area contributed by atoms with Crippen molar-refractivity contribution in [2.75, 3.05) is 6.61 Å². The van der Waals surface area contributed by atoms with Crippen molar-refractivity contribution in [3.63, 3.8) is 0 Å². The van der Waals surface area contributed by atoms with Gasteiger partial charge in [-0.15, -0.1) is 10.2 Å². The number of hydrogen-bond acceptors (Lipinski definition) is 4. The SMILES string of the molecule is CC(C)CO[C@H](C)C(=O)N[C@@H](C)c1nnc2n1CCCCC2. The second-order valence-corrected chi connectivity index (χ2v) is 6.54. The molecule has 6 heteroatoms. The Hall–Kier alpha value is -1.43. The van der Waals surface area contributed by atoms with E-state index >= 15 is 0 Å². The summed E-state index contributed by atoms with van der Waals surface area (Å²) in [6.07, 6.45) is 4.06. The highest BCUT2D eigenvalue weighted by Gasteiger charge is 2.22. The Bertz CT molecular complexity index is 498. The molecule has 0 fully saturated rings. The number of amides is 1. The number of fused-ring (bicyclic) bond motifs is 1. The lowest BCUT2D eigenvalue weighted by Crippen LogP contribution is -2.37. The van der Waals surface area contributed by atoms with E-state index in [0.717, 1.165) is 31.0 Å². The van der Waals surface area contributed by atoms with Crippen LogP contribution in [0.4, 0.5) is 0 Å². The van der Waals surface area contributed by atoms with Gasteiger partial charge in [-0.05, 0) is 32.6 Å². The maximum atomic E-state index is 12.2. The van der Waals surface area contributed by atoms with Gasteiger partial charge in [-0.2, -0.15) is 0 Å². The first-order valence-corrected chi connectivity index (χ1v) is 8.33. The number of aromatic nitrogens is 3. The first-order valence-electron chi connectivity index (χ1n) is 8.33. The highest BCUT2D eigenvalue weighted by molar-refractivity contribution is 5.80. The van der Waals surface area contributed by atoms with E-state index in [1.54, 1.807) is 6.92 Å². The summed E-state index contributed by atoms with van der Waals surface area (Å²) in [5.41, 5.74) is 0. The Morgan fingerprint density at radius 3 is 2.73 bits per heavy atom. The molecule has 6 nitrogen and oxygen atoms in total. The molecule has 1 aliphatic rings. The molecule has 2 rings (SSSR count). The standard InChI is InChI=1S/C16H28N4O2/c1-11(2)10-22-13(4)16(21)17-12(3)15-19-18-14-8-6-5-7-9-20(14)15/h11-13H,5-10H2,1-4H3,(H,17,21)/t12-,13+/m0/s1. The number of nitrogens with zero attached hydrogens (tertiary/aromatic N) is 3. The molecule has 0 saturated heterocycles. The van der Waals surface area contributed by atoms with Gasteiger partial charge in [0.25, 0.3) is 0 Å². The fourth-order valence-corrected chi connectivity index (χ4v) is 2.64. The lowest BCUT2D eigenvalue weighted by molar-refractivity contribution is -0.133. The number of carbonyl (C=O) groups excluding carboxylic acids is 1. The van der Waals surface area contributed by atoms with Crippen LogP contribution in [0, 0.1) is 5.92 Å². The van der Waals surface area contributed by atoms with Crippen LogP contribution in [0.1, 0.15) is 64.6 Å². The highest BCUT2D eigenvalue weighted by atomic mass is 16.5. The maximum absolute atomic E-state index is 12.2. The zero-order chi connectivity index (χ0) is 16.1. The van der Waals surface area contributed by atoms with Crippen molar-refractivity contribution in [2.45, 2.75) is 72.1 Å². The van der Waals surface area contributed by atoms with Crippen LogP contribution >= 0.6 is 0 Å². The Labute approximate surface area is 132 Å². The van der Waals surface area contributed by atoms with Gasteiger partial charge in [0.2, 0.25) is 5.91 Å². The average molecular weight is 308 g/mol. The van der Waals surface area contributed by atoms with Crippen molar-refractivity contribution in [1.82, 2.24) is 20.1 Å². The summed E-state index contributed by atoms with van der Waals surface area (Å²) in [4.78, 5) is 12.2. The van der Waals surface area contributed by atoms with Crippen molar-refractivity contribution < 1.29 is 9.53 Å². The normalized spacial score (nSPS) is 17.7. The van der Waals surface area contributed by atoms with Gasteiger partial charge in [0.1, 0.15) is 11.9 Å². The van der Waals surface area contributed by atoms with E-state index in [1.807, 2.05) is 6.92 Å². The van der Waals surface area contributed by atoms with Gasteiger partial charge in [0.15, 0.2) is 5.82 Å². The van der Waals surface area contributed by atoms with E-state index < -0.39 is 6.10 Å². The van der Waals surface area contributed by atoms with Gasteiger partial charge >= 0.3 is 0 Å². The summed E-state index contributed by atoms with van der Waals surface area (Å²) in [6.45, 7) is 9.40. The number of nitrogens with one attached hydrogen (secondary N) is 1. The van der Waals surface area contributed by atoms with Gasteiger partial charge in [-0.1, -0.05) is 20.3 Å². The minimum absolute atomic E-state index is 0.0980. The molecule has 1 aliphatic heterocycles. The number of ether oxygens (including phenoxy) is 1. The number of rotatable bonds is 6. The summed E-state index contributed by atoms with van der Waals surface area (Å²) in [5.74, 6) is 2.21. The summed E-state index contributed by atoms with van der Waals surface area (Å²) >= 11 is 0. The molecule has 0 bridgehead atoms. The van der Waals surface area contributed by atoms with Crippen molar-refractivity contribution in [3.05, 3.63) is 11.6 Å². The second kappa shape index (κ2) is 7.72. The molecule has 1 aromatic rings. The molecular weight excluding hydrogens is 280 g/mol. The fraction of sp³-hybridized carbons (Fsp3) is 0.812. The first-order chi connectivity index (χ1) is 10.5. The topological polar surface area (TPSA) is 69.0 Å². The maximum Gasteiger partial charge on any atom is 0.249 e. The third kappa shape index (κ3) is 4.29. The highest BCUT2D eigenvalue weighted by Crippen LogP contribution is 2.18. The molecule has 22 heavy (non-hydrogen) atoms. The van der Waals surface area contributed by atoms with Crippen LogP contribution in [0.2, 0.25) is 0 Å². The smallest absolute Gasteiger partial charge is 0.249 e. The summed E-state index contributed by atoms with van der Waals surface area (Å²) in [6, 6.07) is -0.156. The van der Waals surface area contributed by atoms with E-state index in [9.17, 15) is 4.79 Å². The van der Waals surface area contributed by atoms with Crippen LogP contribution in [-0.2, 0) is 22.5 Å². The van der Waals surface area contributed by atoms with Crippen LogP contribution in [0.25, 0.3) is 0 Å². The molecule has 0 aliphatic carbocycles. The van der Waals surface area contributed by atoms with E-state index in [4.69, 9.17) is 4.74 Å². The monoisotopic (exact) mass is 308 g/mol. The first kappa shape index (κ1) is 16.9. The molecule has 0 spiro atoms. The third-order valence-electron chi connectivity index (χ3n) is 3.93. The second-order valence-electron chi connectivity index (χ2n) is 6.54. The molecule has 2 heterocycles. The number of aryl methyl sites for hydroxylation is 1. The minimum Gasteiger partial charge on any atom is -0.368 e. The molecule has 124 valence electrons. The van der Waals surface area contributed by atoms with Gasteiger partial charge in [0.05, 0.1) is 6.04 Å². The molecule has 0 aromatic carbocycles. The summed E-state index contributed by atoms with van der Waals surface area (Å²) in [7, 11) is 0. The lowest BCUT2D eigenvalue weighted by Gasteiger charge is -2.19. The van der Waals surface area contributed by atoms with Crippen molar-refractivity contribution in [1.29, 1.82) is 0 Å². The minimum atomic E-state index is -0.448. The summed E-state index contributed by atoms with van der Waals surface area (Å²) in [5, 5.41) is 11.6. The molecular formula is C16H28N4O2. The van der Waals surface area contributed by atoms with Gasteiger partial charge in [0, 0.05) is 19.6 Å². The van der Waals surface area contributed by atoms with Crippen LogP contribution in [0.5, 0.6) is 0 Å². The molecule has 0 unspecified atom stereocenters. The van der Waals surface area contributed by atoms with Crippen LogP contribution in [0.3, 0.4) is 0 Å². The van der Waals surface area contributed by atoms with E-state index in [0.29, 0.717) is 12.5 Å². The van der Waals surface area contributed by atoms with E-state index in [1.165, 1.54) is 12.8 Å². The zero-order valence-corrected chi connectivity index (χ0v) is 14.1. The lowest BCUT2D eigenvalue weighted by atomic mass is 10.2. The molecule has 0 radical (unpaired) electrons. The van der Waals surface area contributed by atoms with Gasteiger partial charge < -0.3 is 14.6 Å². The van der Waals surface area contributed by atoms with Gasteiger partial charge in [-0.25, -0.2) is 0 Å². The van der Waals surface area contributed by atoms with Crippen molar-refractivity contribution >= 4 is 5.91 Å². The number of carbonyl (C=O) groups is 1. The Balaban J connectivity index is 1.96. The quantitative estimate of drug-likeness (QED) is 0.875.